The van der Waals surface area contributed by atoms with Gasteiger partial charge in [-0.05, 0) is 19.8 Å². The van der Waals surface area contributed by atoms with Crippen LogP contribution in [0.25, 0.3) is 0 Å². The van der Waals surface area contributed by atoms with Crippen LogP contribution in [-0.2, 0) is 9.59 Å². The van der Waals surface area contributed by atoms with Crippen molar-refractivity contribution >= 4 is 11.8 Å². The molecule has 7 N–H and O–H groups in total. The first-order valence-electron chi connectivity index (χ1n) is 4.36. The van der Waals surface area contributed by atoms with E-state index in [9.17, 15) is 9.59 Å². The molecule has 0 aromatic rings. The second-order valence-corrected chi connectivity index (χ2v) is 3.65. The van der Waals surface area contributed by atoms with Crippen LogP contribution in [0.3, 0.4) is 0 Å². The zero-order chi connectivity index (χ0) is 12.3. The zero-order valence-corrected chi connectivity index (χ0v) is 8.43. The summed E-state index contributed by atoms with van der Waals surface area (Å²) in [5, 5.41) is 26.9. The van der Waals surface area contributed by atoms with Gasteiger partial charge in [0.2, 0.25) is 11.8 Å². The van der Waals surface area contributed by atoms with Crippen LogP contribution in [0.15, 0.2) is 0 Å². The molecule has 0 aromatic heterocycles. The van der Waals surface area contributed by atoms with Crippen molar-refractivity contribution in [3.05, 3.63) is 0 Å². The predicted octanol–water partition coefficient (Wildman–Crippen LogP) is -2.24. The van der Waals surface area contributed by atoms with E-state index in [0.29, 0.717) is 0 Å². The van der Waals surface area contributed by atoms with Crippen LogP contribution < -0.4 is 11.5 Å². The second-order valence-electron chi connectivity index (χ2n) is 3.65. The van der Waals surface area contributed by atoms with Crippen LogP contribution in [0.4, 0.5) is 0 Å². The van der Waals surface area contributed by atoms with Gasteiger partial charge in [0.15, 0.2) is 0 Å². The normalized spacial score (nSPS) is 15.7. The van der Waals surface area contributed by atoms with E-state index in [1.54, 1.807) is 0 Å². The average Bonchev–Trinajstić information content (AvgIpc) is 2.00. The fraction of sp³-hybridized carbons (Fsp3) is 0.750. The fourth-order valence-corrected chi connectivity index (χ4v) is 1.07. The van der Waals surface area contributed by atoms with Crippen molar-refractivity contribution in [2.24, 2.45) is 16.9 Å². The fourth-order valence-electron chi connectivity index (χ4n) is 1.07. The minimum absolute atomic E-state index is 0.0288. The number of rotatable bonds is 6. The Labute approximate surface area is 86.7 Å². The summed E-state index contributed by atoms with van der Waals surface area (Å²) < 4.78 is 0. The standard InChI is InChI=1S/C8H16N2O5/c1-7(6(10)12,8(13,14)15)4-2-3-5(9)11/h13-15H,2-4H2,1H3,(H2,9,11)(H2,10,12). The quantitative estimate of drug-likeness (QED) is 0.321. The van der Waals surface area contributed by atoms with Crippen LogP contribution in [-0.4, -0.2) is 33.1 Å². The van der Waals surface area contributed by atoms with Gasteiger partial charge in [-0.25, -0.2) is 0 Å². The molecule has 2 amide bonds. The number of amides is 2. The molecule has 7 nitrogen and oxygen atoms in total. The molecule has 0 aliphatic carbocycles. The lowest BCUT2D eigenvalue weighted by atomic mass is 9.81. The van der Waals surface area contributed by atoms with E-state index in [-0.39, 0.29) is 19.3 Å². The highest BCUT2D eigenvalue weighted by atomic mass is 16.7. The summed E-state index contributed by atoms with van der Waals surface area (Å²) in [6, 6.07) is 0. The number of hydrogen-bond donors (Lipinski definition) is 5. The first-order valence-corrected chi connectivity index (χ1v) is 4.36. The Morgan fingerprint density at radius 1 is 1.20 bits per heavy atom. The Bertz CT molecular complexity index is 260. The molecule has 1 atom stereocenters. The van der Waals surface area contributed by atoms with Crippen LogP contribution in [0.2, 0.25) is 0 Å². The minimum Gasteiger partial charge on any atom is -0.370 e. The Balaban J connectivity index is 4.55. The van der Waals surface area contributed by atoms with Gasteiger partial charge >= 0.3 is 0 Å². The molecule has 0 spiro atoms. The minimum atomic E-state index is -3.21. The SMILES string of the molecule is CC(CCCC(N)=O)(C(N)=O)C(O)(O)O. The summed E-state index contributed by atoms with van der Waals surface area (Å²) in [6.45, 7) is 1.09. The maximum atomic E-state index is 11.0. The molecule has 0 aliphatic rings. The lowest BCUT2D eigenvalue weighted by molar-refractivity contribution is -0.361. The van der Waals surface area contributed by atoms with Gasteiger partial charge in [-0.1, -0.05) is 0 Å². The summed E-state index contributed by atoms with van der Waals surface area (Å²) >= 11 is 0. The van der Waals surface area contributed by atoms with Crippen molar-refractivity contribution in [1.29, 1.82) is 0 Å². The number of carbonyl (C=O) groups is 2. The largest absolute Gasteiger partial charge is 0.370 e. The van der Waals surface area contributed by atoms with E-state index in [4.69, 9.17) is 26.8 Å². The maximum Gasteiger partial charge on any atom is 0.290 e. The van der Waals surface area contributed by atoms with Gasteiger partial charge in [0.1, 0.15) is 5.41 Å². The van der Waals surface area contributed by atoms with Gasteiger partial charge in [0, 0.05) is 6.42 Å². The molecule has 88 valence electrons. The number of hydrogen-bond acceptors (Lipinski definition) is 5. The smallest absolute Gasteiger partial charge is 0.290 e. The highest BCUT2D eigenvalue weighted by Crippen LogP contribution is 2.32. The third-order valence-corrected chi connectivity index (χ3v) is 2.38. The van der Waals surface area contributed by atoms with Crippen LogP contribution in [0, 0.1) is 5.41 Å². The number of aliphatic hydroxyl groups is 3. The molecular formula is C8H16N2O5. The zero-order valence-electron chi connectivity index (χ0n) is 8.43. The molecule has 0 rings (SSSR count). The van der Waals surface area contributed by atoms with E-state index in [2.05, 4.69) is 0 Å². The van der Waals surface area contributed by atoms with E-state index >= 15 is 0 Å². The highest BCUT2D eigenvalue weighted by molar-refractivity contribution is 5.81. The molecule has 0 heterocycles. The second kappa shape index (κ2) is 4.56. The summed E-state index contributed by atoms with van der Waals surface area (Å²) in [7, 11) is 0. The predicted molar refractivity (Wildman–Crippen MR) is 49.7 cm³/mol. The lowest BCUT2D eigenvalue weighted by Gasteiger charge is -2.33. The summed E-state index contributed by atoms with van der Waals surface area (Å²) in [4.78, 5) is 21.4. The molecular weight excluding hydrogens is 204 g/mol. The first-order chi connectivity index (χ1) is 6.61. The number of nitrogens with two attached hydrogens (primary N) is 2. The first kappa shape index (κ1) is 13.8. The molecule has 0 aliphatic heterocycles. The van der Waals surface area contributed by atoms with Gasteiger partial charge in [-0.2, -0.15) is 0 Å². The van der Waals surface area contributed by atoms with E-state index in [1.165, 1.54) is 0 Å². The molecule has 0 saturated heterocycles. The van der Waals surface area contributed by atoms with Gasteiger partial charge in [-0.3, -0.25) is 9.59 Å². The van der Waals surface area contributed by atoms with E-state index in [0.717, 1.165) is 6.92 Å². The molecule has 0 bridgehead atoms. The van der Waals surface area contributed by atoms with Crippen molar-refractivity contribution in [3.8, 4) is 0 Å². The maximum absolute atomic E-state index is 11.0. The topological polar surface area (TPSA) is 147 Å². The van der Waals surface area contributed by atoms with Crippen molar-refractivity contribution in [1.82, 2.24) is 0 Å². The van der Waals surface area contributed by atoms with Crippen molar-refractivity contribution in [2.75, 3.05) is 0 Å². The molecule has 7 heteroatoms. The number of primary amides is 2. The molecule has 1 unspecified atom stereocenters. The summed E-state index contributed by atoms with van der Waals surface area (Å²) in [5.41, 5.74) is 7.88. The average molecular weight is 220 g/mol. The molecule has 0 fully saturated rings. The molecule has 15 heavy (non-hydrogen) atoms. The highest BCUT2D eigenvalue weighted by Gasteiger charge is 2.49. The van der Waals surface area contributed by atoms with Crippen LogP contribution >= 0.6 is 0 Å². The van der Waals surface area contributed by atoms with Crippen LogP contribution in [0.5, 0.6) is 0 Å². The van der Waals surface area contributed by atoms with Gasteiger partial charge < -0.3 is 26.8 Å². The molecule has 0 saturated carbocycles. The third kappa shape index (κ3) is 3.46. The van der Waals surface area contributed by atoms with Crippen molar-refractivity contribution in [3.63, 3.8) is 0 Å². The van der Waals surface area contributed by atoms with Crippen molar-refractivity contribution < 1.29 is 24.9 Å². The number of carbonyl (C=O) groups excluding carboxylic acids is 2. The van der Waals surface area contributed by atoms with Gasteiger partial charge in [0.05, 0.1) is 0 Å². The Morgan fingerprint density at radius 3 is 1.93 bits per heavy atom. The monoisotopic (exact) mass is 220 g/mol. The van der Waals surface area contributed by atoms with Gasteiger partial charge in [-0.15, -0.1) is 0 Å². The lowest BCUT2D eigenvalue weighted by Crippen LogP contribution is -2.54. The Hall–Kier alpha value is -1.18. The summed E-state index contributed by atoms with van der Waals surface area (Å²) in [6.07, 6.45) is -0.0636. The van der Waals surface area contributed by atoms with Crippen molar-refractivity contribution in [2.45, 2.75) is 32.2 Å². The Morgan fingerprint density at radius 2 is 1.67 bits per heavy atom. The third-order valence-electron chi connectivity index (χ3n) is 2.38. The molecule has 0 aromatic carbocycles. The van der Waals surface area contributed by atoms with Crippen LogP contribution in [0.1, 0.15) is 26.2 Å². The summed E-state index contributed by atoms with van der Waals surface area (Å²) in [5.74, 6) is -4.86. The molecule has 0 radical (unpaired) electrons. The van der Waals surface area contributed by atoms with Gasteiger partial charge in [0.25, 0.3) is 5.97 Å². The Kier molecular flexibility index (Phi) is 4.20. The van der Waals surface area contributed by atoms with E-state index < -0.39 is 23.2 Å². The van der Waals surface area contributed by atoms with E-state index in [1.807, 2.05) is 0 Å².